The predicted molar refractivity (Wildman–Crippen MR) is 79.0 cm³/mol. The number of hydrogen-bond donors (Lipinski definition) is 1. The minimum Gasteiger partial charge on any atom is -0.493 e. The highest BCUT2D eigenvalue weighted by Crippen LogP contribution is 2.13. The van der Waals surface area contributed by atoms with Crippen LogP contribution in [0.15, 0.2) is 35.1 Å². The Labute approximate surface area is 118 Å². The number of aromatic hydroxyl groups is 1. The lowest BCUT2D eigenvalue weighted by molar-refractivity contribution is 0.431. The lowest BCUT2D eigenvalue weighted by atomic mass is 10.1. The third kappa shape index (κ3) is 3.07. The molecule has 1 heterocycles. The number of aromatic nitrogens is 2. The molecule has 1 N–H and O–H groups in total. The van der Waals surface area contributed by atoms with Gasteiger partial charge in [-0.2, -0.15) is 4.98 Å². The third-order valence-corrected chi connectivity index (χ3v) is 3.22. The fraction of sp³-hybridized carbons (Fsp3) is 0.375. The molecule has 20 heavy (non-hydrogen) atoms. The Morgan fingerprint density at radius 2 is 1.90 bits per heavy atom. The summed E-state index contributed by atoms with van der Waals surface area (Å²) in [7, 11) is 0. The van der Waals surface area contributed by atoms with Crippen molar-refractivity contribution < 1.29 is 5.11 Å². The first kappa shape index (κ1) is 14.3. The maximum absolute atomic E-state index is 12.4. The molecule has 0 aliphatic rings. The molecule has 4 nitrogen and oxygen atoms in total. The van der Waals surface area contributed by atoms with E-state index in [0.29, 0.717) is 30.3 Å². The summed E-state index contributed by atoms with van der Waals surface area (Å²) < 4.78 is 1.66. The van der Waals surface area contributed by atoms with Crippen LogP contribution in [0.1, 0.15) is 30.8 Å². The molecule has 2 rings (SSSR count). The molecule has 2 aromatic rings. The van der Waals surface area contributed by atoms with Crippen molar-refractivity contribution in [1.29, 1.82) is 0 Å². The Hall–Kier alpha value is -2.10. The maximum Gasteiger partial charge on any atom is 0.260 e. The number of rotatable bonds is 4. The molecule has 0 fully saturated rings. The smallest absolute Gasteiger partial charge is 0.260 e. The average molecular weight is 272 g/mol. The highest BCUT2D eigenvalue weighted by atomic mass is 16.3. The molecule has 0 saturated heterocycles. The Morgan fingerprint density at radius 1 is 1.25 bits per heavy atom. The van der Waals surface area contributed by atoms with Crippen molar-refractivity contribution in [3.8, 4) is 5.88 Å². The van der Waals surface area contributed by atoms with E-state index in [4.69, 9.17) is 0 Å². The molecule has 106 valence electrons. The van der Waals surface area contributed by atoms with Gasteiger partial charge in [0.25, 0.3) is 5.56 Å². The van der Waals surface area contributed by atoms with Gasteiger partial charge < -0.3 is 5.11 Å². The second-order valence-corrected chi connectivity index (χ2v) is 5.45. The van der Waals surface area contributed by atoms with Crippen LogP contribution in [0.5, 0.6) is 5.88 Å². The van der Waals surface area contributed by atoms with Crippen LogP contribution in [0, 0.1) is 12.8 Å². The van der Waals surface area contributed by atoms with E-state index in [9.17, 15) is 9.90 Å². The summed E-state index contributed by atoms with van der Waals surface area (Å²) in [5, 5.41) is 9.76. The Kier molecular flexibility index (Phi) is 4.23. The summed E-state index contributed by atoms with van der Waals surface area (Å²) in [4.78, 5) is 16.5. The lowest BCUT2D eigenvalue weighted by Crippen LogP contribution is -2.28. The van der Waals surface area contributed by atoms with Crippen molar-refractivity contribution in [3.63, 3.8) is 0 Å². The van der Waals surface area contributed by atoms with Gasteiger partial charge in [-0.05, 0) is 18.4 Å². The van der Waals surface area contributed by atoms with Crippen LogP contribution in [0.2, 0.25) is 0 Å². The standard InChI is InChI=1S/C16H20N2O2/c1-11(2)9-14-17-15(19)12(3)16(20)18(14)10-13-7-5-4-6-8-13/h4-8,11,19H,9-10H2,1-3H3. The summed E-state index contributed by atoms with van der Waals surface area (Å²) in [6.07, 6.45) is 0.663. The molecule has 1 aromatic heterocycles. The summed E-state index contributed by atoms with van der Waals surface area (Å²) in [5.41, 5.74) is 1.18. The first-order chi connectivity index (χ1) is 9.49. The molecule has 0 saturated carbocycles. The van der Waals surface area contributed by atoms with Crippen molar-refractivity contribution in [2.24, 2.45) is 5.92 Å². The summed E-state index contributed by atoms with van der Waals surface area (Å²) in [6.45, 7) is 6.22. The van der Waals surface area contributed by atoms with E-state index in [2.05, 4.69) is 18.8 Å². The number of benzene rings is 1. The topological polar surface area (TPSA) is 55.1 Å². The van der Waals surface area contributed by atoms with Crippen molar-refractivity contribution in [2.75, 3.05) is 0 Å². The van der Waals surface area contributed by atoms with Crippen molar-refractivity contribution >= 4 is 0 Å². The van der Waals surface area contributed by atoms with Crippen molar-refractivity contribution in [1.82, 2.24) is 9.55 Å². The molecule has 0 unspecified atom stereocenters. The average Bonchev–Trinajstić information content (AvgIpc) is 2.41. The van der Waals surface area contributed by atoms with Crippen LogP contribution in [0.4, 0.5) is 0 Å². The molecule has 0 aliphatic carbocycles. The molecule has 0 spiro atoms. The Bertz CT molecular complexity index is 646. The van der Waals surface area contributed by atoms with Crippen LogP contribution < -0.4 is 5.56 Å². The lowest BCUT2D eigenvalue weighted by Gasteiger charge is -2.15. The summed E-state index contributed by atoms with van der Waals surface area (Å²) in [6, 6.07) is 9.80. The second-order valence-electron chi connectivity index (χ2n) is 5.45. The van der Waals surface area contributed by atoms with E-state index in [1.807, 2.05) is 30.3 Å². The van der Waals surface area contributed by atoms with E-state index in [1.165, 1.54) is 0 Å². The zero-order valence-electron chi connectivity index (χ0n) is 12.1. The molecule has 0 atom stereocenters. The van der Waals surface area contributed by atoms with Crippen molar-refractivity contribution in [3.05, 3.63) is 57.6 Å². The van der Waals surface area contributed by atoms with Crippen molar-refractivity contribution in [2.45, 2.75) is 33.7 Å². The molecular weight excluding hydrogens is 252 g/mol. The zero-order chi connectivity index (χ0) is 14.7. The third-order valence-electron chi connectivity index (χ3n) is 3.22. The van der Waals surface area contributed by atoms with Gasteiger partial charge in [-0.25, -0.2) is 0 Å². The first-order valence-corrected chi connectivity index (χ1v) is 6.82. The second kappa shape index (κ2) is 5.90. The molecule has 1 aromatic carbocycles. The first-order valence-electron chi connectivity index (χ1n) is 6.82. The van der Waals surface area contributed by atoms with Gasteiger partial charge in [-0.15, -0.1) is 0 Å². The number of nitrogens with zero attached hydrogens (tertiary/aromatic N) is 2. The molecule has 0 radical (unpaired) electrons. The molecular formula is C16H20N2O2. The van der Waals surface area contributed by atoms with E-state index in [0.717, 1.165) is 5.56 Å². The predicted octanol–water partition coefficient (Wildman–Crippen LogP) is 2.50. The molecule has 0 bridgehead atoms. The Morgan fingerprint density at radius 3 is 2.50 bits per heavy atom. The monoisotopic (exact) mass is 272 g/mol. The quantitative estimate of drug-likeness (QED) is 0.930. The van der Waals surface area contributed by atoms with E-state index < -0.39 is 0 Å². The van der Waals surface area contributed by atoms with Gasteiger partial charge in [-0.1, -0.05) is 44.2 Å². The highest BCUT2D eigenvalue weighted by molar-refractivity contribution is 5.23. The van der Waals surface area contributed by atoms with Crippen LogP contribution >= 0.6 is 0 Å². The largest absolute Gasteiger partial charge is 0.493 e. The van der Waals surface area contributed by atoms with E-state index >= 15 is 0 Å². The van der Waals surface area contributed by atoms with Gasteiger partial charge >= 0.3 is 0 Å². The van der Waals surface area contributed by atoms with E-state index in [1.54, 1.807) is 11.5 Å². The molecule has 0 aliphatic heterocycles. The normalized spacial score (nSPS) is 11.0. The zero-order valence-corrected chi connectivity index (χ0v) is 12.1. The van der Waals surface area contributed by atoms with E-state index in [-0.39, 0.29) is 11.4 Å². The van der Waals surface area contributed by atoms with Gasteiger partial charge in [-0.3, -0.25) is 9.36 Å². The van der Waals surface area contributed by atoms with Gasteiger partial charge in [0.1, 0.15) is 5.82 Å². The van der Waals surface area contributed by atoms with Gasteiger partial charge in [0.2, 0.25) is 5.88 Å². The number of hydrogen-bond acceptors (Lipinski definition) is 3. The summed E-state index contributed by atoms with van der Waals surface area (Å²) >= 11 is 0. The van der Waals surface area contributed by atoms with Crippen LogP contribution in [0.25, 0.3) is 0 Å². The SMILES string of the molecule is Cc1c(O)nc(CC(C)C)n(Cc2ccccc2)c1=O. The fourth-order valence-corrected chi connectivity index (χ4v) is 2.13. The molecule has 0 amide bonds. The highest BCUT2D eigenvalue weighted by Gasteiger charge is 2.14. The minimum atomic E-state index is -0.169. The van der Waals surface area contributed by atoms with Crippen LogP contribution in [-0.4, -0.2) is 14.7 Å². The van der Waals surface area contributed by atoms with Crippen LogP contribution in [0.3, 0.4) is 0 Å². The van der Waals surface area contributed by atoms with Gasteiger partial charge in [0, 0.05) is 6.42 Å². The van der Waals surface area contributed by atoms with Gasteiger partial charge in [0.05, 0.1) is 12.1 Å². The maximum atomic E-state index is 12.4. The minimum absolute atomic E-state index is 0.157. The fourth-order valence-electron chi connectivity index (χ4n) is 2.13. The Balaban J connectivity index is 2.49. The molecule has 4 heteroatoms. The van der Waals surface area contributed by atoms with Gasteiger partial charge in [0.15, 0.2) is 0 Å². The summed E-state index contributed by atoms with van der Waals surface area (Å²) in [5.74, 6) is 0.845. The van der Waals surface area contributed by atoms with Crippen LogP contribution in [-0.2, 0) is 13.0 Å².